The fraction of sp³-hybridized carbons (Fsp3) is 0.684. The summed E-state index contributed by atoms with van der Waals surface area (Å²) in [6.45, 7) is 12.4. The Bertz CT molecular complexity index is 526. The third-order valence-corrected chi connectivity index (χ3v) is 5.05. The highest BCUT2D eigenvalue weighted by atomic mass is 16.5. The van der Waals surface area contributed by atoms with Crippen molar-refractivity contribution in [1.82, 2.24) is 9.80 Å². The molecule has 0 bridgehead atoms. The molecule has 1 saturated heterocycles. The zero-order valence-corrected chi connectivity index (χ0v) is 14.6. The van der Waals surface area contributed by atoms with Crippen LogP contribution >= 0.6 is 0 Å². The van der Waals surface area contributed by atoms with Gasteiger partial charge in [0.25, 0.3) is 0 Å². The van der Waals surface area contributed by atoms with E-state index < -0.39 is 0 Å². The van der Waals surface area contributed by atoms with Crippen LogP contribution in [0, 0.1) is 5.92 Å². The third kappa shape index (κ3) is 3.47. The molecular formula is C19H30N2O. The topological polar surface area (TPSA) is 15.7 Å². The van der Waals surface area contributed by atoms with E-state index in [1.807, 2.05) is 0 Å². The Morgan fingerprint density at radius 1 is 1.36 bits per heavy atom. The van der Waals surface area contributed by atoms with Crippen molar-refractivity contribution in [2.75, 3.05) is 33.2 Å². The summed E-state index contributed by atoms with van der Waals surface area (Å²) in [5.41, 5.74) is 2.70. The monoisotopic (exact) mass is 302 g/mol. The van der Waals surface area contributed by atoms with Gasteiger partial charge >= 0.3 is 0 Å². The minimum Gasteiger partial charge on any atom is -0.487 e. The molecule has 0 aliphatic carbocycles. The molecule has 0 radical (unpaired) electrons. The number of nitrogens with zero attached hydrogens (tertiary/aromatic N) is 2. The van der Waals surface area contributed by atoms with Gasteiger partial charge in [0.15, 0.2) is 0 Å². The number of hydrogen-bond donors (Lipinski definition) is 0. The zero-order valence-electron chi connectivity index (χ0n) is 14.6. The Morgan fingerprint density at radius 3 is 2.95 bits per heavy atom. The number of ether oxygens (including phenoxy) is 1. The summed E-state index contributed by atoms with van der Waals surface area (Å²) in [7, 11) is 2.22. The Kier molecular flexibility index (Phi) is 4.47. The Balaban J connectivity index is 1.63. The van der Waals surface area contributed by atoms with Crippen LogP contribution in [0.3, 0.4) is 0 Å². The molecule has 122 valence electrons. The van der Waals surface area contributed by atoms with Crippen LogP contribution in [0.4, 0.5) is 0 Å². The molecule has 2 heterocycles. The lowest BCUT2D eigenvalue weighted by Crippen LogP contribution is -2.28. The molecular weight excluding hydrogens is 272 g/mol. The predicted molar refractivity (Wildman–Crippen MR) is 91.4 cm³/mol. The minimum atomic E-state index is -0.0458. The van der Waals surface area contributed by atoms with Crippen molar-refractivity contribution in [2.45, 2.75) is 45.8 Å². The summed E-state index contributed by atoms with van der Waals surface area (Å²) in [6.07, 6.45) is 2.35. The standard InChI is InChI=1S/C19H30N2O/c1-5-20(4)12-15-9-10-21(13-15)14-17-8-6-7-16-11-19(2,3)22-18(16)17/h6-8,15H,5,9-14H2,1-4H3/t15-/m0/s1. The van der Waals surface area contributed by atoms with Crippen LogP contribution < -0.4 is 4.74 Å². The average molecular weight is 302 g/mol. The highest BCUT2D eigenvalue weighted by molar-refractivity contribution is 5.45. The number of fused-ring (bicyclic) bond motifs is 1. The van der Waals surface area contributed by atoms with Crippen LogP contribution in [-0.2, 0) is 13.0 Å². The van der Waals surface area contributed by atoms with Gasteiger partial charge in [-0.3, -0.25) is 4.90 Å². The van der Waals surface area contributed by atoms with Crippen molar-refractivity contribution in [3.8, 4) is 5.75 Å². The zero-order chi connectivity index (χ0) is 15.7. The SMILES string of the molecule is CCN(C)C[C@@H]1CCN(Cc2cccc3c2OC(C)(C)C3)C1. The van der Waals surface area contributed by atoms with E-state index in [9.17, 15) is 0 Å². The number of para-hydroxylation sites is 1. The molecule has 22 heavy (non-hydrogen) atoms. The number of rotatable bonds is 5. The van der Waals surface area contributed by atoms with Crippen molar-refractivity contribution in [2.24, 2.45) is 5.92 Å². The van der Waals surface area contributed by atoms with Crippen LogP contribution in [0.25, 0.3) is 0 Å². The van der Waals surface area contributed by atoms with Crippen molar-refractivity contribution >= 4 is 0 Å². The van der Waals surface area contributed by atoms with Crippen LogP contribution in [0.1, 0.15) is 38.3 Å². The van der Waals surface area contributed by atoms with Gasteiger partial charge in [0, 0.05) is 31.6 Å². The minimum absolute atomic E-state index is 0.0458. The van der Waals surface area contributed by atoms with E-state index in [1.54, 1.807) is 0 Å². The van der Waals surface area contributed by atoms with E-state index in [2.05, 4.69) is 55.8 Å². The number of benzene rings is 1. The summed E-state index contributed by atoms with van der Waals surface area (Å²) in [5.74, 6) is 1.97. The summed E-state index contributed by atoms with van der Waals surface area (Å²) >= 11 is 0. The van der Waals surface area contributed by atoms with E-state index in [0.29, 0.717) is 0 Å². The van der Waals surface area contributed by atoms with E-state index in [0.717, 1.165) is 31.2 Å². The van der Waals surface area contributed by atoms with Gasteiger partial charge in [0.05, 0.1) is 0 Å². The van der Waals surface area contributed by atoms with Crippen molar-refractivity contribution in [3.05, 3.63) is 29.3 Å². The fourth-order valence-corrected chi connectivity index (χ4v) is 3.82. The fourth-order valence-electron chi connectivity index (χ4n) is 3.82. The maximum absolute atomic E-state index is 6.21. The molecule has 0 N–H and O–H groups in total. The van der Waals surface area contributed by atoms with E-state index >= 15 is 0 Å². The van der Waals surface area contributed by atoms with Crippen LogP contribution in [0.5, 0.6) is 5.75 Å². The Labute approximate surface area is 135 Å². The molecule has 1 fully saturated rings. The molecule has 1 aromatic carbocycles. The second-order valence-electron chi connectivity index (χ2n) is 7.69. The average Bonchev–Trinajstić information content (AvgIpc) is 3.01. The smallest absolute Gasteiger partial charge is 0.127 e. The molecule has 0 amide bonds. The second-order valence-corrected chi connectivity index (χ2v) is 7.69. The molecule has 3 rings (SSSR count). The first-order valence-corrected chi connectivity index (χ1v) is 8.67. The number of hydrogen-bond acceptors (Lipinski definition) is 3. The van der Waals surface area contributed by atoms with Crippen LogP contribution in [0.15, 0.2) is 18.2 Å². The second kappa shape index (κ2) is 6.21. The summed E-state index contributed by atoms with van der Waals surface area (Å²) < 4.78 is 6.21. The first kappa shape index (κ1) is 15.8. The maximum Gasteiger partial charge on any atom is 0.127 e. The highest BCUT2D eigenvalue weighted by Gasteiger charge is 2.32. The molecule has 0 aromatic heterocycles. The lowest BCUT2D eigenvalue weighted by atomic mass is 10.0. The molecule has 1 atom stereocenters. The maximum atomic E-state index is 6.21. The largest absolute Gasteiger partial charge is 0.487 e. The first-order valence-electron chi connectivity index (χ1n) is 8.67. The Hall–Kier alpha value is -1.06. The quantitative estimate of drug-likeness (QED) is 0.831. The van der Waals surface area contributed by atoms with Crippen molar-refractivity contribution in [3.63, 3.8) is 0 Å². The van der Waals surface area contributed by atoms with Gasteiger partial charge in [-0.05, 0) is 51.9 Å². The summed E-state index contributed by atoms with van der Waals surface area (Å²) in [4.78, 5) is 5.03. The van der Waals surface area contributed by atoms with E-state index in [1.165, 1.54) is 37.2 Å². The highest BCUT2D eigenvalue weighted by Crippen LogP contribution is 2.38. The molecule has 0 unspecified atom stereocenters. The normalized spacial score (nSPS) is 23.8. The van der Waals surface area contributed by atoms with Crippen molar-refractivity contribution < 1.29 is 4.74 Å². The number of likely N-dealkylation sites (tertiary alicyclic amines) is 1. The molecule has 3 nitrogen and oxygen atoms in total. The van der Waals surface area contributed by atoms with Gasteiger partial charge in [-0.1, -0.05) is 25.1 Å². The van der Waals surface area contributed by atoms with Crippen LogP contribution in [0.2, 0.25) is 0 Å². The van der Waals surface area contributed by atoms with Gasteiger partial charge in [0.1, 0.15) is 11.4 Å². The van der Waals surface area contributed by atoms with Gasteiger partial charge in [-0.25, -0.2) is 0 Å². The van der Waals surface area contributed by atoms with E-state index in [4.69, 9.17) is 4.74 Å². The van der Waals surface area contributed by atoms with Crippen LogP contribution in [-0.4, -0.2) is 48.6 Å². The lowest BCUT2D eigenvalue weighted by molar-refractivity contribution is 0.135. The molecule has 3 heteroatoms. The molecule has 0 spiro atoms. The summed E-state index contributed by atoms with van der Waals surface area (Å²) in [6, 6.07) is 6.65. The lowest BCUT2D eigenvalue weighted by Gasteiger charge is -2.22. The predicted octanol–water partition coefficient (Wildman–Crippen LogP) is 3.17. The van der Waals surface area contributed by atoms with Gasteiger partial charge in [-0.15, -0.1) is 0 Å². The van der Waals surface area contributed by atoms with Gasteiger partial charge in [-0.2, -0.15) is 0 Å². The molecule has 0 saturated carbocycles. The van der Waals surface area contributed by atoms with Crippen molar-refractivity contribution in [1.29, 1.82) is 0 Å². The van der Waals surface area contributed by atoms with E-state index in [-0.39, 0.29) is 5.60 Å². The molecule has 1 aromatic rings. The molecule has 2 aliphatic rings. The molecule has 2 aliphatic heterocycles. The first-order chi connectivity index (χ1) is 10.5. The van der Waals surface area contributed by atoms with Gasteiger partial charge < -0.3 is 9.64 Å². The Morgan fingerprint density at radius 2 is 2.18 bits per heavy atom. The van der Waals surface area contributed by atoms with Gasteiger partial charge in [0.2, 0.25) is 0 Å². The summed E-state index contributed by atoms with van der Waals surface area (Å²) in [5, 5.41) is 0. The third-order valence-electron chi connectivity index (χ3n) is 5.05.